The van der Waals surface area contributed by atoms with Gasteiger partial charge in [0.2, 0.25) is 5.88 Å². The lowest BCUT2D eigenvalue weighted by Gasteiger charge is -2.05. The van der Waals surface area contributed by atoms with Crippen LogP contribution in [0.1, 0.15) is 5.69 Å². The van der Waals surface area contributed by atoms with Gasteiger partial charge in [-0.15, -0.1) is 0 Å². The van der Waals surface area contributed by atoms with E-state index >= 15 is 0 Å². The molecule has 6 nitrogen and oxygen atoms in total. The minimum absolute atomic E-state index is 0.419. The van der Waals surface area contributed by atoms with E-state index in [-0.39, 0.29) is 0 Å². The highest BCUT2D eigenvalue weighted by atomic mass is 16.5. The Balaban J connectivity index is 1.72. The topological polar surface area (TPSA) is 73.9 Å². The van der Waals surface area contributed by atoms with Crippen molar-refractivity contribution in [1.82, 2.24) is 20.1 Å². The second-order valence-corrected chi connectivity index (χ2v) is 4.96. The Labute approximate surface area is 131 Å². The first-order valence-electron chi connectivity index (χ1n) is 7.07. The molecule has 0 aliphatic rings. The zero-order valence-corrected chi connectivity index (χ0v) is 12.3. The first-order chi connectivity index (χ1) is 11.3. The van der Waals surface area contributed by atoms with E-state index < -0.39 is 0 Å². The molecule has 0 amide bonds. The molecular weight excluding hydrogens is 292 g/mol. The lowest BCUT2D eigenvalue weighted by Crippen LogP contribution is -1.91. The number of rotatable bonds is 3. The van der Waals surface area contributed by atoms with E-state index in [1.807, 2.05) is 37.3 Å². The molecule has 0 aliphatic carbocycles. The van der Waals surface area contributed by atoms with Gasteiger partial charge < -0.3 is 9.26 Å². The number of nitrogens with zero attached hydrogens (tertiary/aromatic N) is 4. The van der Waals surface area contributed by atoms with Gasteiger partial charge >= 0.3 is 0 Å². The molecule has 0 radical (unpaired) electrons. The molecule has 23 heavy (non-hydrogen) atoms. The summed E-state index contributed by atoms with van der Waals surface area (Å²) in [6, 6.07) is 11.1. The fourth-order valence-electron chi connectivity index (χ4n) is 2.27. The smallest absolute Gasteiger partial charge is 0.261 e. The van der Waals surface area contributed by atoms with Crippen LogP contribution >= 0.6 is 0 Å². The monoisotopic (exact) mass is 304 g/mol. The number of hydrogen-bond donors (Lipinski definition) is 0. The highest BCUT2D eigenvalue weighted by molar-refractivity contribution is 5.89. The Kier molecular flexibility index (Phi) is 3.20. The zero-order chi connectivity index (χ0) is 15.6. The number of hydrogen-bond acceptors (Lipinski definition) is 6. The average molecular weight is 304 g/mol. The van der Waals surface area contributed by atoms with Crippen LogP contribution in [-0.2, 0) is 0 Å². The lowest BCUT2D eigenvalue weighted by atomic mass is 10.1. The summed E-state index contributed by atoms with van der Waals surface area (Å²) in [6.45, 7) is 1.88. The molecule has 0 spiro atoms. The van der Waals surface area contributed by atoms with Gasteiger partial charge in [0.05, 0.1) is 11.1 Å². The van der Waals surface area contributed by atoms with Crippen molar-refractivity contribution >= 4 is 11.1 Å². The Morgan fingerprint density at radius 3 is 2.78 bits per heavy atom. The van der Waals surface area contributed by atoms with Gasteiger partial charge in [-0.1, -0.05) is 5.16 Å². The van der Waals surface area contributed by atoms with Gasteiger partial charge in [0.15, 0.2) is 5.75 Å². The molecule has 0 atom stereocenters. The summed E-state index contributed by atoms with van der Waals surface area (Å²) in [4.78, 5) is 12.6. The van der Waals surface area contributed by atoms with Crippen LogP contribution in [0.5, 0.6) is 11.6 Å². The van der Waals surface area contributed by atoms with Crippen LogP contribution in [0.25, 0.3) is 22.4 Å². The third kappa shape index (κ3) is 2.50. The summed E-state index contributed by atoms with van der Waals surface area (Å²) in [5.41, 5.74) is 2.81. The largest absolute Gasteiger partial charge is 0.437 e. The summed E-state index contributed by atoms with van der Waals surface area (Å²) >= 11 is 0. The minimum atomic E-state index is 0.419. The maximum absolute atomic E-state index is 5.76. The Morgan fingerprint density at radius 2 is 1.96 bits per heavy atom. The van der Waals surface area contributed by atoms with E-state index in [0.717, 1.165) is 16.6 Å². The van der Waals surface area contributed by atoms with Crippen LogP contribution in [0.2, 0.25) is 0 Å². The number of ether oxygens (including phenoxy) is 1. The maximum atomic E-state index is 5.76. The minimum Gasteiger partial charge on any atom is -0.437 e. The molecule has 0 saturated heterocycles. The quantitative estimate of drug-likeness (QED) is 0.573. The van der Waals surface area contributed by atoms with Crippen LogP contribution in [0, 0.1) is 6.92 Å². The molecule has 4 aromatic heterocycles. The predicted molar refractivity (Wildman–Crippen MR) is 84.1 cm³/mol. The molecule has 0 unspecified atom stereocenters. The van der Waals surface area contributed by atoms with Crippen LogP contribution in [-0.4, -0.2) is 20.1 Å². The summed E-state index contributed by atoms with van der Waals surface area (Å²) in [6.07, 6.45) is 5.17. The molecule has 6 heteroatoms. The Morgan fingerprint density at radius 1 is 1.04 bits per heavy atom. The zero-order valence-electron chi connectivity index (χ0n) is 12.3. The van der Waals surface area contributed by atoms with E-state index in [9.17, 15) is 0 Å². The van der Waals surface area contributed by atoms with Crippen molar-refractivity contribution in [1.29, 1.82) is 0 Å². The number of fused-ring (bicyclic) bond motifs is 1. The second kappa shape index (κ2) is 5.49. The van der Waals surface area contributed by atoms with Gasteiger partial charge in [0.1, 0.15) is 5.69 Å². The van der Waals surface area contributed by atoms with Gasteiger partial charge in [-0.25, -0.2) is 0 Å². The van der Waals surface area contributed by atoms with Crippen molar-refractivity contribution in [3.63, 3.8) is 0 Å². The molecule has 0 aliphatic heterocycles. The van der Waals surface area contributed by atoms with Crippen molar-refractivity contribution in [2.75, 3.05) is 0 Å². The van der Waals surface area contributed by atoms with Gasteiger partial charge in [0.25, 0.3) is 5.71 Å². The normalized spacial score (nSPS) is 10.8. The Hall–Kier alpha value is -3.28. The van der Waals surface area contributed by atoms with E-state index in [4.69, 9.17) is 9.26 Å². The van der Waals surface area contributed by atoms with E-state index in [2.05, 4.69) is 20.1 Å². The summed E-state index contributed by atoms with van der Waals surface area (Å²) in [7, 11) is 0. The third-order valence-corrected chi connectivity index (χ3v) is 3.42. The van der Waals surface area contributed by atoms with E-state index in [1.165, 1.54) is 0 Å². The van der Waals surface area contributed by atoms with Gasteiger partial charge in [-0.3, -0.25) is 9.97 Å². The fraction of sp³-hybridized carbons (Fsp3) is 0.0588. The van der Waals surface area contributed by atoms with Gasteiger partial charge in [-0.05, 0) is 37.3 Å². The van der Waals surface area contributed by atoms with Gasteiger partial charge in [-0.2, -0.15) is 4.98 Å². The summed E-state index contributed by atoms with van der Waals surface area (Å²) < 4.78 is 11.1. The van der Waals surface area contributed by atoms with Crippen molar-refractivity contribution in [3.05, 3.63) is 60.7 Å². The van der Waals surface area contributed by atoms with Crippen LogP contribution < -0.4 is 4.74 Å². The van der Waals surface area contributed by atoms with Crippen LogP contribution in [0.15, 0.2) is 59.5 Å². The molecule has 0 fully saturated rings. The standard InChI is InChI=1S/C17H12N4O2/c1-11-14(5-3-9-19-11)22-15-7-6-13-16(21-23-17(13)20-15)12-4-2-8-18-10-12/h2-10H,1H3. The third-order valence-electron chi connectivity index (χ3n) is 3.42. The van der Waals surface area contributed by atoms with E-state index in [1.54, 1.807) is 24.7 Å². The molecule has 0 saturated carbocycles. The number of aromatic nitrogens is 4. The molecule has 0 N–H and O–H groups in total. The molecule has 4 rings (SSSR count). The van der Waals surface area contributed by atoms with Crippen molar-refractivity contribution in [2.24, 2.45) is 0 Å². The SMILES string of the molecule is Cc1ncccc1Oc1ccc2c(-c3cccnc3)noc2n1. The highest BCUT2D eigenvalue weighted by Crippen LogP contribution is 2.29. The predicted octanol–water partition coefficient (Wildman–Crippen LogP) is 3.78. The highest BCUT2D eigenvalue weighted by Gasteiger charge is 2.13. The van der Waals surface area contributed by atoms with Crippen molar-refractivity contribution < 1.29 is 9.26 Å². The number of pyridine rings is 3. The molecule has 112 valence electrons. The molecule has 4 aromatic rings. The first-order valence-corrected chi connectivity index (χ1v) is 7.07. The fourth-order valence-corrected chi connectivity index (χ4v) is 2.27. The van der Waals surface area contributed by atoms with E-state index in [0.29, 0.717) is 23.0 Å². The molecular formula is C17H12N4O2. The second-order valence-electron chi connectivity index (χ2n) is 4.96. The van der Waals surface area contributed by atoms with Crippen LogP contribution in [0.3, 0.4) is 0 Å². The van der Waals surface area contributed by atoms with Crippen LogP contribution in [0.4, 0.5) is 0 Å². The molecule has 4 heterocycles. The van der Waals surface area contributed by atoms with Gasteiger partial charge in [0, 0.05) is 30.2 Å². The number of aryl methyl sites for hydroxylation is 1. The maximum Gasteiger partial charge on any atom is 0.261 e. The molecule has 0 aromatic carbocycles. The van der Waals surface area contributed by atoms with Crippen molar-refractivity contribution in [2.45, 2.75) is 6.92 Å². The van der Waals surface area contributed by atoms with Crippen molar-refractivity contribution in [3.8, 4) is 22.9 Å². The average Bonchev–Trinajstić information content (AvgIpc) is 3.01. The molecule has 0 bridgehead atoms. The Bertz CT molecular complexity index is 967. The first kappa shape index (κ1) is 13.4. The lowest BCUT2D eigenvalue weighted by molar-refractivity contribution is 0.431. The summed E-state index contributed by atoms with van der Waals surface area (Å²) in [5, 5.41) is 4.90. The summed E-state index contributed by atoms with van der Waals surface area (Å²) in [5.74, 6) is 1.09.